The van der Waals surface area contributed by atoms with Crippen LogP contribution in [-0.4, -0.2) is 50.1 Å². The number of esters is 2. The molecule has 1 aliphatic rings. The fraction of sp³-hybridized carbons (Fsp3) is 0.500. The molecule has 0 radical (unpaired) electrons. The molecule has 1 aliphatic heterocycles. The molecule has 0 bridgehead atoms. The van der Waals surface area contributed by atoms with Gasteiger partial charge in [-0.3, -0.25) is 9.59 Å². The number of ether oxygens (including phenoxy) is 2. The van der Waals surface area contributed by atoms with Gasteiger partial charge in [0.15, 0.2) is 6.61 Å². The first-order valence-electron chi connectivity index (χ1n) is 9.32. The highest BCUT2D eigenvalue weighted by Crippen LogP contribution is 2.25. The number of rotatable bonds is 8. The second-order valence-corrected chi connectivity index (χ2v) is 6.70. The molecule has 0 aromatic heterocycles. The highest BCUT2D eigenvalue weighted by atomic mass is 16.5. The summed E-state index contributed by atoms with van der Waals surface area (Å²) in [6.45, 7) is 3.71. The quantitative estimate of drug-likeness (QED) is 0.678. The van der Waals surface area contributed by atoms with Gasteiger partial charge in [0.05, 0.1) is 18.4 Å². The third kappa shape index (κ3) is 5.09. The van der Waals surface area contributed by atoms with Crippen molar-refractivity contribution in [2.75, 3.05) is 25.2 Å². The van der Waals surface area contributed by atoms with Crippen LogP contribution >= 0.6 is 0 Å². The maximum Gasteiger partial charge on any atom is 0.340 e. The van der Waals surface area contributed by atoms with Crippen molar-refractivity contribution in [3.63, 3.8) is 0 Å². The van der Waals surface area contributed by atoms with Crippen LogP contribution in [0.15, 0.2) is 24.3 Å². The van der Waals surface area contributed by atoms with Crippen molar-refractivity contribution in [1.29, 1.82) is 0 Å². The van der Waals surface area contributed by atoms with Crippen molar-refractivity contribution in [1.82, 2.24) is 5.32 Å². The summed E-state index contributed by atoms with van der Waals surface area (Å²) in [5, 5.41) is 2.55. The fourth-order valence-corrected chi connectivity index (χ4v) is 3.00. The first-order chi connectivity index (χ1) is 13.4. The molecule has 2 amide bonds. The summed E-state index contributed by atoms with van der Waals surface area (Å²) >= 11 is 0. The zero-order valence-electron chi connectivity index (χ0n) is 16.4. The van der Waals surface area contributed by atoms with Crippen molar-refractivity contribution in [2.24, 2.45) is 5.92 Å². The van der Waals surface area contributed by atoms with E-state index in [0.29, 0.717) is 25.1 Å². The van der Waals surface area contributed by atoms with E-state index >= 15 is 0 Å². The van der Waals surface area contributed by atoms with Crippen LogP contribution in [0.4, 0.5) is 5.69 Å². The fourth-order valence-electron chi connectivity index (χ4n) is 3.00. The SMILES string of the molecule is CC[C@H](C)[C@H](NC(=O)COC(=O)c1ccccc1N1CCCC1=O)C(=O)OC. The van der Waals surface area contributed by atoms with E-state index in [9.17, 15) is 19.2 Å². The molecule has 0 spiro atoms. The number of amides is 2. The molecule has 1 saturated heterocycles. The molecule has 152 valence electrons. The number of nitrogens with zero attached hydrogens (tertiary/aromatic N) is 1. The van der Waals surface area contributed by atoms with Crippen molar-refractivity contribution in [3.05, 3.63) is 29.8 Å². The van der Waals surface area contributed by atoms with Gasteiger partial charge in [0.1, 0.15) is 6.04 Å². The number of hydrogen-bond donors (Lipinski definition) is 1. The normalized spacial score (nSPS) is 15.7. The molecule has 1 fully saturated rings. The lowest BCUT2D eigenvalue weighted by atomic mass is 9.99. The monoisotopic (exact) mass is 390 g/mol. The molecule has 2 rings (SSSR count). The van der Waals surface area contributed by atoms with E-state index in [1.807, 2.05) is 13.8 Å². The minimum atomic E-state index is -0.810. The maximum atomic E-state index is 12.5. The summed E-state index contributed by atoms with van der Waals surface area (Å²) in [7, 11) is 1.25. The summed E-state index contributed by atoms with van der Waals surface area (Å²) < 4.78 is 9.83. The van der Waals surface area contributed by atoms with E-state index in [4.69, 9.17) is 9.47 Å². The van der Waals surface area contributed by atoms with Gasteiger partial charge in [-0.15, -0.1) is 0 Å². The van der Waals surface area contributed by atoms with Crippen LogP contribution in [-0.2, 0) is 23.9 Å². The van der Waals surface area contributed by atoms with Crippen LogP contribution < -0.4 is 10.2 Å². The van der Waals surface area contributed by atoms with Gasteiger partial charge < -0.3 is 19.7 Å². The van der Waals surface area contributed by atoms with Gasteiger partial charge in [0.2, 0.25) is 5.91 Å². The third-order valence-electron chi connectivity index (χ3n) is 4.81. The average molecular weight is 390 g/mol. The number of carbonyl (C=O) groups excluding carboxylic acids is 4. The molecule has 1 aromatic rings. The standard InChI is InChI=1S/C20H26N2O6/c1-4-13(2)18(20(26)27-3)21-16(23)12-28-19(25)14-8-5-6-9-15(14)22-11-7-10-17(22)24/h5-6,8-9,13,18H,4,7,10-12H2,1-3H3,(H,21,23)/t13-,18-/m0/s1. The second kappa shape index (κ2) is 9.87. The first-order valence-corrected chi connectivity index (χ1v) is 9.32. The van der Waals surface area contributed by atoms with Crippen LogP contribution in [0.3, 0.4) is 0 Å². The van der Waals surface area contributed by atoms with Gasteiger partial charge in [0, 0.05) is 13.0 Å². The Labute approximate surface area is 164 Å². The Morgan fingerprint density at radius 2 is 1.96 bits per heavy atom. The number of para-hydroxylation sites is 1. The minimum Gasteiger partial charge on any atom is -0.467 e. The van der Waals surface area contributed by atoms with E-state index in [-0.39, 0.29) is 17.4 Å². The predicted molar refractivity (Wildman–Crippen MR) is 102 cm³/mol. The predicted octanol–water partition coefficient (Wildman–Crippen LogP) is 1.67. The Morgan fingerprint density at radius 1 is 1.25 bits per heavy atom. The van der Waals surface area contributed by atoms with Gasteiger partial charge in [-0.25, -0.2) is 9.59 Å². The van der Waals surface area contributed by atoms with E-state index in [1.165, 1.54) is 7.11 Å². The number of hydrogen-bond acceptors (Lipinski definition) is 6. The summed E-state index contributed by atoms with van der Waals surface area (Å²) in [5.41, 5.74) is 0.694. The second-order valence-electron chi connectivity index (χ2n) is 6.70. The lowest BCUT2D eigenvalue weighted by Gasteiger charge is -2.22. The molecule has 8 heteroatoms. The Bertz CT molecular complexity index is 748. The smallest absolute Gasteiger partial charge is 0.340 e. The third-order valence-corrected chi connectivity index (χ3v) is 4.81. The molecule has 1 N–H and O–H groups in total. The molecule has 0 saturated carbocycles. The number of carbonyl (C=O) groups is 4. The molecule has 1 heterocycles. The average Bonchev–Trinajstić information content (AvgIpc) is 3.14. The van der Waals surface area contributed by atoms with Crippen LogP contribution in [0, 0.1) is 5.92 Å². The zero-order chi connectivity index (χ0) is 20.7. The summed E-state index contributed by atoms with van der Waals surface area (Å²) in [6.07, 6.45) is 1.84. The minimum absolute atomic E-state index is 0.0486. The number of benzene rings is 1. The van der Waals surface area contributed by atoms with Gasteiger partial charge >= 0.3 is 11.9 Å². The molecule has 2 atom stereocenters. The molecule has 8 nitrogen and oxygen atoms in total. The molecule has 1 aromatic carbocycles. The molecule has 0 unspecified atom stereocenters. The van der Waals surface area contributed by atoms with Gasteiger partial charge in [-0.05, 0) is 24.5 Å². The Balaban J connectivity index is 2.01. The number of nitrogens with one attached hydrogen (secondary N) is 1. The lowest BCUT2D eigenvalue weighted by molar-refractivity contribution is -0.147. The van der Waals surface area contributed by atoms with E-state index in [1.54, 1.807) is 29.2 Å². The first kappa shape index (κ1) is 21.4. The Hall–Kier alpha value is -2.90. The molecule has 28 heavy (non-hydrogen) atoms. The van der Waals surface area contributed by atoms with E-state index in [2.05, 4.69) is 5.32 Å². The number of anilines is 1. The van der Waals surface area contributed by atoms with Crippen LogP contribution in [0.25, 0.3) is 0 Å². The van der Waals surface area contributed by atoms with Gasteiger partial charge in [0.25, 0.3) is 5.91 Å². The van der Waals surface area contributed by atoms with Crippen LogP contribution in [0.5, 0.6) is 0 Å². The maximum absolute atomic E-state index is 12.5. The highest BCUT2D eigenvalue weighted by molar-refractivity contribution is 6.04. The zero-order valence-corrected chi connectivity index (χ0v) is 16.4. The number of methoxy groups -OCH3 is 1. The van der Waals surface area contributed by atoms with Crippen molar-refractivity contribution in [3.8, 4) is 0 Å². The summed E-state index contributed by atoms with van der Waals surface area (Å²) in [5.74, 6) is -2.03. The van der Waals surface area contributed by atoms with Gasteiger partial charge in [-0.2, -0.15) is 0 Å². The van der Waals surface area contributed by atoms with Crippen LogP contribution in [0.2, 0.25) is 0 Å². The molecular weight excluding hydrogens is 364 g/mol. The molecular formula is C20H26N2O6. The van der Waals surface area contributed by atoms with Gasteiger partial charge in [-0.1, -0.05) is 32.4 Å². The highest BCUT2D eigenvalue weighted by Gasteiger charge is 2.28. The van der Waals surface area contributed by atoms with Crippen molar-refractivity contribution < 1.29 is 28.7 Å². The topological polar surface area (TPSA) is 102 Å². The van der Waals surface area contributed by atoms with Crippen LogP contribution in [0.1, 0.15) is 43.5 Å². The summed E-state index contributed by atoms with van der Waals surface area (Å²) in [4.78, 5) is 50.0. The largest absolute Gasteiger partial charge is 0.467 e. The van der Waals surface area contributed by atoms with E-state index in [0.717, 1.165) is 6.42 Å². The van der Waals surface area contributed by atoms with Crippen molar-refractivity contribution >= 4 is 29.4 Å². The molecule has 0 aliphatic carbocycles. The Kier molecular flexibility index (Phi) is 7.54. The Morgan fingerprint density at radius 3 is 2.57 bits per heavy atom. The van der Waals surface area contributed by atoms with Crippen molar-refractivity contribution in [2.45, 2.75) is 39.2 Å². The van der Waals surface area contributed by atoms with E-state index < -0.39 is 30.5 Å². The summed E-state index contributed by atoms with van der Waals surface area (Å²) in [6, 6.07) is 5.82. The lowest BCUT2D eigenvalue weighted by Crippen LogP contribution is -2.47.